The van der Waals surface area contributed by atoms with Gasteiger partial charge in [-0.05, 0) is 43.7 Å². The molecule has 2 N–H and O–H groups in total. The molecule has 3 heterocycles. The Labute approximate surface area is 193 Å². The first-order valence-corrected chi connectivity index (χ1v) is 11.0. The SMILES string of the molecule is N#Cc1nccc(C[C@@H]2CCC[C@H](Nc3nc(-c4c[nH]c5c(F)cc(F)cc45)ncc3F)C2)n1. The molecule has 1 fully saturated rings. The maximum absolute atomic E-state index is 14.6. The zero-order valence-electron chi connectivity index (χ0n) is 18.0. The Kier molecular flexibility index (Phi) is 5.84. The minimum atomic E-state index is -0.722. The number of rotatable bonds is 5. The Morgan fingerprint density at radius 2 is 2.00 bits per heavy atom. The number of aromatic nitrogens is 5. The summed E-state index contributed by atoms with van der Waals surface area (Å²) in [6.45, 7) is 0. The van der Waals surface area contributed by atoms with Gasteiger partial charge in [-0.3, -0.25) is 0 Å². The summed E-state index contributed by atoms with van der Waals surface area (Å²) in [5.74, 6) is -1.36. The van der Waals surface area contributed by atoms with Crippen LogP contribution in [0.15, 0.2) is 36.8 Å². The number of hydrogen-bond donors (Lipinski definition) is 2. The van der Waals surface area contributed by atoms with Crippen LogP contribution in [-0.4, -0.2) is 31.0 Å². The second kappa shape index (κ2) is 9.09. The molecule has 0 saturated heterocycles. The molecule has 0 aliphatic heterocycles. The predicted octanol–water partition coefficient (Wildman–Crippen LogP) is 4.92. The van der Waals surface area contributed by atoms with Crippen LogP contribution in [0.3, 0.4) is 0 Å². The number of anilines is 1. The number of halogens is 3. The van der Waals surface area contributed by atoms with Crippen LogP contribution in [-0.2, 0) is 6.42 Å². The highest BCUT2D eigenvalue weighted by Gasteiger charge is 2.24. The van der Waals surface area contributed by atoms with Crippen LogP contribution in [0.4, 0.5) is 19.0 Å². The fourth-order valence-electron chi connectivity index (χ4n) is 4.60. The van der Waals surface area contributed by atoms with Crippen molar-refractivity contribution >= 4 is 16.7 Å². The Hall–Kier alpha value is -4.00. The number of fused-ring (bicyclic) bond motifs is 1. The highest BCUT2D eigenvalue weighted by atomic mass is 19.1. The first-order chi connectivity index (χ1) is 16.5. The molecule has 4 aromatic rings. The average molecular weight is 463 g/mol. The molecule has 5 rings (SSSR count). The summed E-state index contributed by atoms with van der Waals surface area (Å²) in [6.07, 6.45) is 8.44. The van der Waals surface area contributed by atoms with E-state index >= 15 is 0 Å². The molecule has 1 aliphatic carbocycles. The Bertz CT molecular complexity index is 1400. The number of nitriles is 1. The van der Waals surface area contributed by atoms with E-state index in [1.165, 1.54) is 12.3 Å². The minimum Gasteiger partial charge on any atom is -0.365 e. The van der Waals surface area contributed by atoms with Gasteiger partial charge in [-0.15, -0.1) is 0 Å². The van der Waals surface area contributed by atoms with E-state index in [0.29, 0.717) is 17.9 Å². The minimum absolute atomic E-state index is 0.00821. The van der Waals surface area contributed by atoms with Crippen LogP contribution in [0.5, 0.6) is 0 Å². The molecule has 1 aliphatic rings. The molecule has 7 nitrogen and oxygen atoms in total. The lowest BCUT2D eigenvalue weighted by atomic mass is 9.83. The largest absolute Gasteiger partial charge is 0.365 e. The Morgan fingerprint density at radius 1 is 1.12 bits per heavy atom. The number of aromatic amines is 1. The zero-order valence-corrected chi connectivity index (χ0v) is 18.0. The van der Waals surface area contributed by atoms with Gasteiger partial charge in [0.25, 0.3) is 0 Å². The monoisotopic (exact) mass is 463 g/mol. The lowest BCUT2D eigenvalue weighted by molar-refractivity contribution is 0.330. The molecular formula is C24H20F3N7. The van der Waals surface area contributed by atoms with Gasteiger partial charge in [-0.2, -0.15) is 5.26 Å². The third-order valence-corrected chi connectivity index (χ3v) is 6.13. The van der Waals surface area contributed by atoms with Crippen molar-refractivity contribution in [1.29, 1.82) is 5.26 Å². The average Bonchev–Trinajstić information content (AvgIpc) is 3.25. The molecule has 0 bridgehead atoms. The molecule has 3 aromatic heterocycles. The molecule has 1 saturated carbocycles. The third-order valence-electron chi connectivity index (χ3n) is 6.13. The van der Waals surface area contributed by atoms with E-state index in [0.717, 1.165) is 43.6 Å². The maximum atomic E-state index is 14.6. The van der Waals surface area contributed by atoms with Gasteiger partial charge in [0.1, 0.15) is 17.7 Å². The van der Waals surface area contributed by atoms with Gasteiger partial charge in [-0.1, -0.05) is 6.42 Å². The van der Waals surface area contributed by atoms with Crippen LogP contribution in [0, 0.1) is 34.7 Å². The van der Waals surface area contributed by atoms with Gasteiger partial charge in [0.05, 0.1) is 11.7 Å². The van der Waals surface area contributed by atoms with Crippen molar-refractivity contribution in [2.45, 2.75) is 38.1 Å². The summed E-state index contributed by atoms with van der Waals surface area (Å²) in [6, 6.07) is 5.74. The van der Waals surface area contributed by atoms with Crippen molar-refractivity contribution in [3.05, 3.63) is 65.8 Å². The van der Waals surface area contributed by atoms with E-state index in [1.807, 2.05) is 6.07 Å². The third kappa shape index (κ3) is 4.41. The fourth-order valence-corrected chi connectivity index (χ4v) is 4.60. The van der Waals surface area contributed by atoms with Crippen molar-refractivity contribution < 1.29 is 13.2 Å². The van der Waals surface area contributed by atoms with Gasteiger partial charge in [0.15, 0.2) is 17.5 Å². The van der Waals surface area contributed by atoms with Gasteiger partial charge in [0, 0.05) is 41.1 Å². The normalized spacial score (nSPS) is 18.1. The van der Waals surface area contributed by atoms with E-state index in [9.17, 15) is 13.2 Å². The highest BCUT2D eigenvalue weighted by Crippen LogP contribution is 2.32. The summed E-state index contributed by atoms with van der Waals surface area (Å²) in [7, 11) is 0. The zero-order chi connectivity index (χ0) is 23.7. The molecule has 0 radical (unpaired) electrons. The van der Waals surface area contributed by atoms with Crippen molar-refractivity contribution in [1.82, 2.24) is 24.9 Å². The van der Waals surface area contributed by atoms with Crippen molar-refractivity contribution in [2.24, 2.45) is 5.92 Å². The standard InChI is InChI=1S/C24H20F3N7/c25-14-8-17-18(11-30-22(17)19(26)9-14)23-31-12-20(27)24(34-23)33-15-3-1-2-13(6-15)7-16-4-5-29-21(10-28)32-16/h4-5,8-9,11-13,15,30H,1-3,6-7H2,(H,31,33,34)/t13-,15+/m1/s1. The summed E-state index contributed by atoms with van der Waals surface area (Å²) in [5, 5.41) is 12.5. The van der Waals surface area contributed by atoms with E-state index in [4.69, 9.17) is 5.26 Å². The Balaban J connectivity index is 1.35. The van der Waals surface area contributed by atoms with Crippen LogP contribution in [0.25, 0.3) is 22.3 Å². The Morgan fingerprint density at radius 3 is 2.85 bits per heavy atom. The number of hydrogen-bond acceptors (Lipinski definition) is 6. The van der Waals surface area contributed by atoms with Gasteiger partial charge in [-0.25, -0.2) is 33.1 Å². The van der Waals surface area contributed by atoms with Crippen LogP contribution in [0.1, 0.15) is 37.2 Å². The van der Waals surface area contributed by atoms with E-state index in [1.54, 1.807) is 12.3 Å². The van der Waals surface area contributed by atoms with E-state index in [2.05, 4.69) is 30.2 Å². The first-order valence-electron chi connectivity index (χ1n) is 11.0. The molecule has 2 atom stereocenters. The smallest absolute Gasteiger partial charge is 0.232 e. The molecule has 0 unspecified atom stereocenters. The van der Waals surface area contributed by atoms with Gasteiger partial charge >= 0.3 is 0 Å². The van der Waals surface area contributed by atoms with E-state index in [-0.39, 0.29) is 34.4 Å². The molecular weight excluding hydrogens is 443 g/mol. The maximum Gasteiger partial charge on any atom is 0.232 e. The number of nitrogens with zero attached hydrogens (tertiary/aromatic N) is 5. The molecule has 10 heteroatoms. The van der Waals surface area contributed by atoms with Gasteiger partial charge < -0.3 is 10.3 Å². The van der Waals surface area contributed by atoms with E-state index < -0.39 is 17.5 Å². The van der Waals surface area contributed by atoms with Crippen molar-refractivity contribution in [2.75, 3.05) is 5.32 Å². The number of H-pyrrole nitrogens is 1. The van der Waals surface area contributed by atoms with Crippen molar-refractivity contribution in [3.8, 4) is 17.5 Å². The van der Waals surface area contributed by atoms with Crippen LogP contribution < -0.4 is 5.32 Å². The lowest BCUT2D eigenvalue weighted by Gasteiger charge is -2.30. The highest BCUT2D eigenvalue weighted by molar-refractivity contribution is 5.94. The second-order valence-corrected chi connectivity index (χ2v) is 8.46. The molecule has 0 spiro atoms. The van der Waals surface area contributed by atoms with Crippen LogP contribution in [0.2, 0.25) is 0 Å². The number of benzene rings is 1. The summed E-state index contributed by atoms with van der Waals surface area (Å²) in [4.78, 5) is 19.3. The fraction of sp³-hybridized carbons (Fsp3) is 0.292. The second-order valence-electron chi connectivity index (χ2n) is 8.46. The topological polar surface area (TPSA) is 103 Å². The summed E-state index contributed by atoms with van der Waals surface area (Å²) in [5.41, 5.74) is 1.33. The molecule has 172 valence electrons. The lowest BCUT2D eigenvalue weighted by Crippen LogP contribution is -2.29. The molecule has 0 amide bonds. The predicted molar refractivity (Wildman–Crippen MR) is 119 cm³/mol. The van der Waals surface area contributed by atoms with Crippen LogP contribution >= 0.6 is 0 Å². The molecule has 34 heavy (non-hydrogen) atoms. The molecule has 1 aromatic carbocycles. The first kappa shape index (κ1) is 21.8. The summed E-state index contributed by atoms with van der Waals surface area (Å²) < 4.78 is 42.4. The quantitative estimate of drug-likeness (QED) is 0.436. The van der Waals surface area contributed by atoms with Gasteiger partial charge in [0.2, 0.25) is 5.82 Å². The van der Waals surface area contributed by atoms with Crippen molar-refractivity contribution in [3.63, 3.8) is 0 Å². The summed E-state index contributed by atoms with van der Waals surface area (Å²) >= 11 is 0. The number of nitrogens with one attached hydrogen (secondary N) is 2.